The number of anilines is 1. The molecule has 2 aromatic carbocycles. The van der Waals surface area contributed by atoms with Crippen LogP contribution in [0.3, 0.4) is 0 Å². The summed E-state index contributed by atoms with van der Waals surface area (Å²) in [7, 11) is -1.42. The van der Waals surface area contributed by atoms with E-state index in [2.05, 4.69) is 46.9 Å². The number of carbonyl (C=O) groups is 11. The van der Waals surface area contributed by atoms with Gasteiger partial charge < -0.3 is 79.3 Å². The smallest absolute Gasteiger partial charge is 0.325 e. The van der Waals surface area contributed by atoms with E-state index in [4.69, 9.17) is 33.2 Å². The average molecular weight is 1750 g/mol. The Hall–Kier alpha value is -9.54. The molecule has 1 fully saturated rings. The maximum Gasteiger partial charge on any atom is 0.325 e. The highest BCUT2D eigenvalue weighted by Gasteiger charge is 2.36. The minimum Gasteiger partial charge on any atom is -0.468 e. The van der Waals surface area contributed by atoms with Gasteiger partial charge in [0, 0.05) is 155 Å². The summed E-state index contributed by atoms with van der Waals surface area (Å²) in [5.74, 6) is -6.88. The summed E-state index contributed by atoms with van der Waals surface area (Å²) in [6, 6.07) is 3.80. The van der Waals surface area contributed by atoms with E-state index in [0.29, 0.717) is 55.1 Å². The largest absolute Gasteiger partial charge is 0.468 e. The van der Waals surface area contributed by atoms with Gasteiger partial charge in [-0.25, -0.2) is 13.4 Å². The van der Waals surface area contributed by atoms with Gasteiger partial charge >= 0.3 is 35.8 Å². The molecule has 5 amide bonds. The van der Waals surface area contributed by atoms with Crippen molar-refractivity contribution in [3.8, 4) is 0 Å². The molecule has 0 saturated carbocycles. The number of aliphatic hydroxyl groups excluding tert-OH is 1. The van der Waals surface area contributed by atoms with Crippen molar-refractivity contribution in [3.63, 3.8) is 0 Å². The van der Waals surface area contributed by atoms with Crippen LogP contribution in [-0.4, -0.2) is 290 Å². The van der Waals surface area contributed by atoms with E-state index in [1.54, 1.807) is 170 Å². The first-order valence-electron chi connectivity index (χ1n) is 41.7. The molecule has 2 aromatic heterocycles. The summed E-state index contributed by atoms with van der Waals surface area (Å²) in [6.45, 7) is 33.0. The summed E-state index contributed by atoms with van der Waals surface area (Å²) in [5, 5.41) is 31.8. The molecule has 1 unspecified atom stereocenters. The van der Waals surface area contributed by atoms with E-state index in [0.717, 1.165) is 18.2 Å². The number of benzene rings is 2. The van der Waals surface area contributed by atoms with Crippen molar-refractivity contribution < 1.29 is 99.4 Å². The molecule has 4 atom stereocenters. The lowest BCUT2D eigenvalue weighted by Crippen LogP contribution is -2.57. The van der Waals surface area contributed by atoms with Gasteiger partial charge in [0.05, 0.1) is 56.0 Å². The minimum absolute atomic E-state index is 0.0194. The molecule has 1 aliphatic rings. The molecule has 0 aliphatic carbocycles. The molecule has 37 nitrogen and oxygen atoms in total. The number of sulfonamides is 1. The van der Waals surface area contributed by atoms with E-state index in [9.17, 15) is 71.1 Å². The van der Waals surface area contributed by atoms with Crippen LogP contribution in [0.1, 0.15) is 181 Å². The van der Waals surface area contributed by atoms with Crippen molar-refractivity contribution in [2.45, 2.75) is 240 Å². The van der Waals surface area contributed by atoms with Crippen LogP contribution in [0, 0.1) is 20.8 Å². The van der Waals surface area contributed by atoms with Gasteiger partial charge in [0.2, 0.25) is 45.0 Å². The first kappa shape index (κ1) is 104. The van der Waals surface area contributed by atoms with E-state index in [1.807, 2.05) is 33.6 Å². The maximum absolute atomic E-state index is 14.6. The lowest BCUT2D eigenvalue weighted by Gasteiger charge is -2.35. The van der Waals surface area contributed by atoms with Crippen LogP contribution in [-0.2, 0) is 111 Å². The van der Waals surface area contributed by atoms with Crippen LogP contribution < -0.4 is 47.4 Å². The number of nitrogens with zero attached hydrogens (tertiary/aromatic N) is 7. The van der Waals surface area contributed by atoms with Crippen molar-refractivity contribution >= 4 is 92.2 Å². The first-order chi connectivity index (χ1) is 57.2. The predicted molar refractivity (Wildman–Crippen MR) is 460 cm³/mol. The number of β-amino-alcohol motifs (C(OH)–C–C–N with tert-alkyl or cyclic N) is 1. The Morgan fingerprint density at radius 3 is 1.48 bits per heavy atom. The first-order valence-corrected chi connectivity index (χ1v) is 43.2. The molecule has 123 heavy (non-hydrogen) atoms. The molecule has 5 rings (SSSR count). The molecular weight excluding hydrogens is 1620 g/mol. The van der Waals surface area contributed by atoms with E-state index >= 15 is 0 Å². The molecule has 38 heteroatoms. The van der Waals surface area contributed by atoms with E-state index < -0.39 is 147 Å². The number of rotatable bonds is 42. The second-order valence-corrected chi connectivity index (χ2v) is 37.3. The molecule has 688 valence electrons. The zero-order valence-corrected chi connectivity index (χ0v) is 76.4. The number of nitrogens with one attached hydrogen (secondary N) is 8. The number of amides is 5. The fourth-order valence-electron chi connectivity index (χ4n) is 13.2. The summed E-state index contributed by atoms with van der Waals surface area (Å²) in [5.41, 5.74) is -2.29. The van der Waals surface area contributed by atoms with E-state index in [1.165, 1.54) is 6.20 Å². The number of hydrogen-bond donors (Lipinski definition) is 9. The fourth-order valence-corrected chi connectivity index (χ4v) is 14.8. The third-order valence-corrected chi connectivity index (χ3v) is 20.2. The second kappa shape index (κ2) is 48.1. The molecule has 0 bridgehead atoms. The monoisotopic (exact) mass is 1750 g/mol. The summed E-state index contributed by atoms with van der Waals surface area (Å²) >= 11 is 0. The topological polar surface area (TPSA) is 456 Å². The molecular formula is C85H135N15O22S. The van der Waals surface area contributed by atoms with Crippen molar-refractivity contribution in [2.75, 3.05) is 130 Å². The molecule has 3 heterocycles. The third kappa shape index (κ3) is 39.9. The number of aliphatic hydroxyl groups is 1. The SMILES string of the molecule is COC(=O)[C@H](CNC(=O)c1cn(CCCNC(=O)CCC(=O)NCCCOCCCNC(=O)[C@@H](CC(=O)OC(C)(C)C)NC(=O)[C@@H](CC(=O)OC(C)(C)C)NC(O)CN2CCN(CC(=O)OC(C)(C)C)CCN(CC(=O)OC(C)(C)C)CCN(CC(=O)OC(C)(C)C)CC2)c2cc(CNc3nccn3C)ccc2c1=O)NS(=O)(=O)c1c(C)cc(C)cc1C. The average Bonchev–Trinajstić information content (AvgIpc) is 1.30. The second-order valence-electron chi connectivity index (χ2n) is 35.7. The maximum atomic E-state index is 14.6. The number of ether oxygens (including phenoxy) is 7. The van der Waals surface area contributed by atoms with Gasteiger partial charge in [-0.1, -0.05) is 23.8 Å². The van der Waals surface area contributed by atoms with Crippen LogP contribution in [0.25, 0.3) is 10.9 Å². The molecule has 4 aromatic rings. The molecule has 0 spiro atoms. The number of aryl methyl sites for hydroxylation is 5. The highest BCUT2D eigenvalue weighted by molar-refractivity contribution is 7.89. The number of esters is 6. The number of aromatic nitrogens is 3. The highest BCUT2D eigenvalue weighted by atomic mass is 32.2. The summed E-state index contributed by atoms with van der Waals surface area (Å²) in [6.07, 6.45) is 2.65. The van der Waals surface area contributed by atoms with Crippen molar-refractivity contribution in [3.05, 3.63) is 87.0 Å². The van der Waals surface area contributed by atoms with Crippen LogP contribution in [0.2, 0.25) is 0 Å². The van der Waals surface area contributed by atoms with Gasteiger partial charge in [0.1, 0.15) is 51.9 Å². The van der Waals surface area contributed by atoms with Gasteiger partial charge in [-0.05, 0) is 173 Å². The summed E-state index contributed by atoms with van der Waals surface area (Å²) < 4.78 is 72.2. The van der Waals surface area contributed by atoms with Crippen molar-refractivity contribution in [1.29, 1.82) is 0 Å². The molecule has 1 aliphatic heterocycles. The Bertz CT molecular complexity index is 4350. The Morgan fingerprint density at radius 1 is 0.561 bits per heavy atom. The molecule has 9 N–H and O–H groups in total. The van der Waals surface area contributed by atoms with Crippen molar-refractivity contribution in [2.24, 2.45) is 7.05 Å². The van der Waals surface area contributed by atoms with Crippen LogP contribution >= 0.6 is 0 Å². The van der Waals surface area contributed by atoms with Gasteiger partial charge in [0.15, 0.2) is 0 Å². The van der Waals surface area contributed by atoms with Gasteiger partial charge in [0.25, 0.3) is 5.91 Å². The van der Waals surface area contributed by atoms with Gasteiger partial charge in [-0.2, -0.15) is 4.72 Å². The number of carbonyl (C=O) groups excluding carboxylic acids is 11. The van der Waals surface area contributed by atoms with E-state index in [-0.39, 0.29) is 146 Å². The van der Waals surface area contributed by atoms with Gasteiger partial charge in [-0.15, -0.1) is 0 Å². The Kier molecular flexibility index (Phi) is 40.7. The number of imidazole rings is 1. The third-order valence-electron chi connectivity index (χ3n) is 18.4. The Labute approximate surface area is 722 Å². The number of methoxy groups -OCH3 is 1. The number of pyridine rings is 1. The highest BCUT2D eigenvalue weighted by Crippen LogP contribution is 2.24. The normalized spacial score (nSPS) is 15.0. The number of fused-ring (bicyclic) bond motifs is 1. The van der Waals surface area contributed by atoms with Gasteiger partial charge in [-0.3, -0.25) is 82.5 Å². The van der Waals surface area contributed by atoms with Crippen LogP contribution in [0.5, 0.6) is 0 Å². The molecule has 0 radical (unpaired) electrons. The standard InChI is InChI=1S/C85H135N15O22S/c1-56-44-57(2)75(58(3)45-56)123(114,115)94-64(79(113)116-20)50-90-76(110)61-51-100(65-46-59(24-25-60(65)74(61)109)49-91-80-89-31-33-95(80)19)32-21-28-86-66(101)26-27-67(102)87-29-22-42-117-43-23-30-88-77(111)62(47-69(104)118-81(4,5)6)93-78(112)63(48-70(105)119-82(7,8)9)92-68(103)52-96-34-36-97(53-71(106)120-83(10,11)12)38-40-99(55-73(108)122-85(16,17)18)41-39-98(37-35-96)54-72(107)121-84(13,14)15/h24-25,31,33,44-46,51,62-64,68,92,94,103H,21-23,26-30,32,34-43,47-50,52-55H2,1-20H3,(H,86,101)(H,87,102)(H,88,111)(H,89,91)(H,90,110)(H,93,112)/t62-,63-,64+,68?/m1/s1. The van der Waals surface area contributed by atoms with Crippen LogP contribution in [0.15, 0.2) is 58.6 Å². The van der Waals surface area contributed by atoms with Crippen LogP contribution in [0.4, 0.5) is 5.95 Å². The lowest BCUT2D eigenvalue weighted by molar-refractivity contribution is -0.158. The Balaban J connectivity index is 1.17. The Morgan fingerprint density at radius 2 is 1.02 bits per heavy atom. The fraction of sp³-hybridized carbons (Fsp3) is 0.659. The lowest BCUT2D eigenvalue weighted by atomic mass is 10.1. The van der Waals surface area contributed by atoms with Crippen molar-refractivity contribution in [1.82, 2.24) is 70.3 Å². The quantitative estimate of drug-likeness (QED) is 0.0133. The summed E-state index contributed by atoms with van der Waals surface area (Å²) in [4.78, 5) is 175. The number of hydrogen-bond acceptors (Lipinski definition) is 29. The zero-order chi connectivity index (χ0) is 92.0. The predicted octanol–water partition coefficient (Wildman–Crippen LogP) is 3.31. The molecule has 1 saturated heterocycles. The minimum atomic E-state index is -4.32. The zero-order valence-electron chi connectivity index (χ0n) is 75.6.